The maximum Gasteiger partial charge on any atom is 0.294 e. The van der Waals surface area contributed by atoms with Crippen molar-refractivity contribution in [2.24, 2.45) is 7.05 Å². The van der Waals surface area contributed by atoms with Crippen LogP contribution in [0.5, 0.6) is 0 Å². The molecule has 33 heavy (non-hydrogen) atoms. The quantitative estimate of drug-likeness (QED) is 0.534. The van der Waals surface area contributed by atoms with Crippen molar-refractivity contribution >= 4 is 29.2 Å². The van der Waals surface area contributed by atoms with Gasteiger partial charge in [-0.3, -0.25) is 19.2 Å². The highest BCUT2D eigenvalue weighted by atomic mass is 19.1. The molecule has 1 fully saturated rings. The van der Waals surface area contributed by atoms with E-state index in [9.17, 15) is 23.6 Å². The number of hydrogen-bond donors (Lipinski definition) is 2. The van der Waals surface area contributed by atoms with Gasteiger partial charge in [-0.1, -0.05) is 0 Å². The number of carbonyl (C=O) groups is 4. The zero-order chi connectivity index (χ0) is 24.4. The summed E-state index contributed by atoms with van der Waals surface area (Å²) in [6, 6.07) is 4.07. The minimum absolute atomic E-state index is 0.00707. The fourth-order valence-corrected chi connectivity index (χ4v) is 4.25. The lowest BCUT2D eigenvalue weighted by atomic mass is 10.0. The van der Waals surface area contributed by atoms with Crippen LogP contribution in [0.25, 0.3) is 0 Å². The summed E-state index contributed by atoms with van der Waals surface area (Å²) in [5.74, 6) is -2.27. The first-order chi connectivity index (χ1) is 15.5. The van der Waals surface area contributed by atoms with Crippen LogP contribution < -0.4 is 10.6 Å². The predicted molar refractivity (Wildman–Crippen MR) is 122 cm³/mol. The van der Waals surface area contributed by atoms with E-state index < -0.39 is 17.6 Å². The third kappa shape index (κ3) is 4.97. The first-order valence-electron chi connectivity index (χ1n) is 10.8. The van der Waals surface area contributed by atoms with Crippen molar-refractivity contribution in [3.8, 4) is 0 Å². The molecule has 1 aliphatic rings. The normalized spacial score (nSPS) is 14.2. The van der Waals surface area contributed by atoms with Crippen molar-refractivity contribution in [1.29, 1.82) is 0 Å². The lowest BCUT2D eigenvalue weighted by Crippen LogP contribution is -2.47. The Balaban J connectivity index is 1.76. The van der Waals surface area contributed by atoms with Crippen LogP contribution in [0.3, 0.4) is 0 Å². The number of hydrogen-bond acceptors (Lipinski definition) is 4. The smallest absolute Gasteiger partial charge is 0.294 e. The van der Waals surface area contributed by atoms with Gasteiger partial charge in [-0.25, -0.2) is 4.39 Å². The Morgan fingerprint density at radius 2 is 1.70 bits per heavy atom. The molecule has 2 N–H and O–H groups in total. The van der Waals surface area contributed by atoms with E-state index in [0.29, 0.717) is 54.0 Å². The Morgan fingerprint density at radius 1 is 1.06 bits per heavy atom. The van der Waals surface area contributed by atoms with Gasteiger partial charge in [0.2, 0.25) is 5.91 Å². The Kier molecular flexibility index (Phi) is 7.00. The van der Waals surface area contributed by atoms with E-state index in [1.165, 1.54) is 25.1 Å². The van der Waals surface area contributed by atoms with Gasteiger partial charge < -0.3 is 20.1 Å². The van der Waals surface area contributed by atoms with Gasteiger partial charge in [0.25, 0.3) is 17.6 Å². The van der Waals surface area contributed by atoms with Crippen molar-refractivity contribution < 1.29 is 23.6 Å². The van der Waals surface area contributed by atoms with Gasteiger partial charge in [0, 0.05) is 44.5 Å². The fraction of sp³-hybridized carbons (Fsp3) is 0.417. The maximum absolute atomic E-state index is 13.5. The molecule has 0 spiro atoms. The van der Waals surface area contributed by atoms with Crippen LogP contribution in [0.15, 0.2) is 18.2 Å². The second-order valence-electron chi connectivity index (χ2n) is 8.49. The van der Waals surface area contributed by atoms with Crippen LogP contribution in [0.4, 0.5) is 10.1 Å². The molecular weight excluding hydrogens is 427 g/mol. The number of Topliss-reactive ketones (excluding diaryl/α,β-unsaturated/α-hetero) is 1. The van der Waals surface area contributed by atoms with Gasteiger partial charge in [0.05, 0.1) is 11.3 Å². The number of ketones is 1. The molecule has 176 valence electrons. The molecule has 1 saturated heterocycles. The molecule has 0 bridgehead atoms. The second kappa shape index (κ2) is 9.56. The average Bonchev–Trinajstić information content (AvgIpc) is 2.98. The van der Waals surface area contributed by atoms with E-state index in [-0.39, 0.29) is 23.5 Å². The summed E-state index contributed by atoms with van der Waals surface area (Å²) in [6.45, 7) is 7.50. The molecular formula is C24H29FN4O4. The van der Waals surface area contributed by atoms with E-state index in [1.54, 1.807) is 37.3 Å². The first kappa shape index (κ1) is 24.2. The Hall–Kier alpha value is -3.49. The van der Waals surface area contributed by atoms with Crippen molar-refractivity contribution in [2.45, 2.75) is 46.6 Å². The molecule has 3 rings (SSSR count). The Morgan fingerprint density at radius 3 is 2.27 bits per heavy atom. The molecule has 1 aromatic carbocycles. The summed E-state index contributed by atoms with van der Waals surface area (Å²) in [5.41, 5.74) is 2.21. The van der Waals surface area contributed by atoms with Crippen LogP contribution in [-0.4, -0.2) is 52.1 Å². The van der Waals surface area contributed by atoms with Crippen molar-refractivity contribution in [3.63, 3.8) is 0 Å². The van der Waals surface area contributed by atoms with E-state index in [0.717, 1.165) is 0 Å². The number of rotatable bonds is 5. The maximum atomic E-state index is 13.5. The van der Waals surface area contributed by atoms with Crippen molar-refractivity contribution in [2.75, 3.05) is 18.4 Å². The zero-order valence-electron chi connectivity index (χ0n) is 19.5. The van der Waals surface area contributed by atoms with Crippen LogP contribution in [0, 0.1) is 26.6 Å². The highest BCUT2D eigenvalue weighted by molar-refractivity contribution is 6.43. The van der Waals surface area contributed by atoms with E-state index in [4.69, 9.17) is 0 Å². The minimum Gasteiger partial charge on any atom is -0.346 e. The largest absolute Gasteiger partial charge is 0.346 e. The van der Waals surface area contributed by atoms with Gasteiger partial charge in [0.1, 0.15) is 5.82 Å². The number of nitrogens with one attached hydrogen (secondary N) is 2. The summed E-state index contributed by atoms with van der Waals surface area (Å²) < 4.78 is 15.1. The molecule has 9 heteroatoms. The number of anilines is 1. The topological polar surface area (TPSA) is 101 Å². The number of benzene rings is 1. The minimum atomic E-state index is -0.735. The van der Waals surface area contributed by atoms with Crippen molar-refractivity contribution in [3.05, 3.63) is 52.1 Å². The molecule has 8 nitrogen and oxygen atoms in total. The number of piperidine rings is 1. The average molecular weight is 457 g/mol. The molecule has 0 radical (unpaired) electrons. The first-order valence-corrected chi connectivity index (χ1v) is 10.8. The third-order valence-electron chi connectivity index (χ3n) is 6.27. The summed E-state index contributed by atoms with van der Waals surface area (Å²) in [4.78, 5) is 51.8. The molecule has 0 atom stereocenters. The number of carbonyl (C=O) groups excluding carboxylic acids is 4. The lowest BCUT2D eigenvalue weighted by molar-refractivity contribution is -0.130. The van der Waals surface area contributed by atoms with Crippen LogP contribution in [0.1, 0.15) is 57.4 Å². The van der Waals surface area contributed by atoms with Gasteiger partial charge in [-0.2, -0.15) is 0 Å². The lowest BCUT2D eigenvalue weighted by Gasteiger charge is -2.31. The number of aryl methyl sites for hydroxylation is 1. The van der Waals surface area contributed by atoms with E-state index >= 15 is 0 Å². The molecule has 1 aromatic heterocycles. The van der Waals surface area contributed by atoms with Gasteiger partial charge >= 0.3 is 0 Å². The third-order valence-corrected chi connectivity index (χ3v) is 6.27. The van der Waals surface area contributed by atoms with E-state index in [1.807, 2.05) is 0 Å². The number of nitrogens with zero attached hydrogens (tertiary/aromatic N) is 2. The number of amides is 3. The molecule has 0 saturated carbocycles. The Bertz CT molecular complexity index is 1130. The molecule has 2 aromatic rings. The number of likely N-dealkylation sites (tertiary alicyclic amines) is 1. The van der Waals surface area contributed by atoms with Gasteiger partial charge in [-0.15, -0.1) is 0 Å². The summed E-state index contributed by atoms with van der Waals surface area (Å²) in [7, 11) is 1.63. The fourth-order valence-electron chi connectivity index (χ4n) is 4.25. The highest BCUT2D eigenvalue weighted by Crippen LogP contribution is 2.24. The second-order valence-corrected chi connectivity index (χ2v) is 8.49. The summed E-state index contributed by atoms with van der Waals surface area (Å²) in [5, 5.41) is 5.50. The molecule has 1 aliphatic heterocycles. The van der Waals surface area contributed by atoms with Crippen LogP contribution in [-0.2, 0) is 16.6 Å². The van der Waals surface area contributed by atoms with Crippen LogP contribution >= 0.6 is 0 Å². The molecule has 0 aliphatic carbocycles. The van der Waals surface area contributed by atoms with Gasteiger partial charge in [0.15, 0.2) is 0 Å². The summed E-state index contributed by atoms with van der Waals surface area (Å²) in [6.07, 6.45) is 1.16. The van der Waals surface area contributed by atoms with Crippen LogP contribution in [0.2, 0.25) is 0 Å². The molecule has 0 unspecified atom stereocenters. The van der Waals surface area contributed by atoms with Crippen molar-refractivity contribution in [1.82, 2.24) is 14.8 Å². The molecule has 2 heterocycles. The Labute approximate surface area is 192 Å². The zero-order valence-corrected chi connectivity index (χ0v) is 19.5. The molecule has 3 amide bonds. The van der Waals surface area contributed by atoms with E-state index in [2.05, 4.69) is 10.6 Å². The standard InChI is InChI=1S/C24H29FN4O4/c1-13-12-18(6-7-19(13)25)27-23(32)20-14(2)21(28(5)15(20)3)22(31)24(33)26-17-8-10-29(11-9-17)16(4)30/h6-7,12,17H,8-11H2,1-5H3,(H,26,33)(H,27,32). The summed E-state index contributed by atoms with van der Waals surface area (Å²) >= 11 is 0. The monoisotopic (exact) mass is 456 g/mol. The SMILES string of the molecule is CC(=O)N1CCC(NC(=O)C(=O)c2c(C)c(C(=O)Nc3ccc(F)c(C)c3)c(C)n2C)CC1. The number of aromatic nitrogens is 1. The van der Waals surface area contributed by atoms with Gasteiger partial charge in [-0.05, 0) is 62.9 Å². The predicted octanol–water partition coefficient (Wildman–Crippen LogP) is 2.65. The number of halogens is 1. The highest BCUT2D eigenvalue weighted by Gasteiger charge is 2.30.